The quantitative estimate of drug-likeness (QED) is 0.797. The summed E-state index contributed by atoms with van der Waals surface area (Å²) in [5, 5.41) is 3.42. The second kappa shape index (κ2) is 6.21. The number of nitrogens with zero attached hydrogens (tertiary/aromatic N) is 1. The highest BCUT2D eigenvalue weighted by Gasteiger charge is 2.43. The molecule has 0 fully saturated rings. The van der Waals surface area contributed by atoms with Crippen LogP contribution in [-0.4, -0.2) is 17.7 Å². The van der Waals surface area contributed by atoms with Crippen molar-refractivity contribution in [1.82, 2.24) is 5.16 Å². The predicted octanol–water partition coefficient (Wildman–Crippen LogP) is 4.10. The van der Waals surface area contributed by atoms with Gasteiger partial charge in [-0.25, -0.2) is 4.79 Å². The summed E-state index contributed by atoms with van der Waals surface area (Å²) < 4.78 is 47.9. The molecule has 2 rings (SSSR count). The Morgan fingerprint density at radius 2 is 1.86 bits per heavy atom. The van der Waals surface area contributed by atoms with Gasteiger partial charge in [0.25, 0.3) is 5.76 Å². The van der Waals surface area contributed by atoms with Crippen LogP contribution in [0.15, 0.2) is 28.8 Å². The van der Waals surface area contributed by atoms with E-state index in [0.717, 1.165) is 12.0 Å². The van der Waals surface area contributed by atoms with E-state index in [9.17, 15) is 18.0 Å². The molecule has 0 bridgehead atoms. The zero-order chi connectivity index (χ0) is 16.3. The lowest BCUT2D eigenvalue weighted by atomic mass is 10.0. The van der Waals surface area contributed by atoms with Crippen LogP contribution in [0.4, 0.5) is 13.2 Å². The Morgan fingerprint density at radius 3 is 2.36 bits per heavy atom. The molecule has 0 radical (unpaired) electrons. The minimum Gasteiger partial charge on any atom is -0.462 e. The molecular formula is C15H14F3NO3. The van der Waals surface area contributed by atoms with E-state index in [4.69, 9.17) is 4.74 Å². The standard InChI is InChI=1S/C15H14F3NO3/c1-3-9-5-7-10(8-6-9)12-11(14(20)21-4-2)13(22-19-12)15(16,17)18/h5-8H,3-4H2,1-2H3. The molecule has 0 atom stereocenters. The van der Waals surface area contributed by atoms with Crippen LogP contribution in [0.25, 0.3) is 11.3 Å². The van der Waals surface area contributed by atoms with Gasteiger partial charge in [0, 0.05) is 5.56 Å². The SMILES string of the molecule is CCOC(=O)c1c(-c2ccc(CC)cc2)noc1C(F)(F)F. The highest BCUT2D eigenvalue weighted by molar-refractivity contribution is 5.97. The van der Waals surface area contributed by atoms with E-state index < -0.39 is 23.5 Å². The molecule has 0 spiro atoms. The average Bonchev–Trinajstić information content (AvgIpc) is 2.92. The Balaban J connectivity index is 2.55. The first-order valence-corrected chi connectivity index (χ1v) is 6.71. The van der Waals surface area contributed by atoms with Gasteiger partial charge in [-0.1, -0.05) is 36.3 Å². The number of carbonyl (C=O) groups is 1. The molecular weight excluding hydrogens is 299 g/mol. The third kappa shape index (κ3) is 3.13. The fourth-order valence-corrected chi connectivity index (χ4v) is 1.97. The molecule has 1 aromatic carbocycles. The Labute approximate surface area is 124 Å². The molecule has 0 N–H and O–H groups in total. The third-order valence-electron chi connectivity index (χ3n) is 3.06. The fourth-order valence-electron chi connectivity index (χ4n) is 1.97. The van der Waals surface area contributed by atoms with Gasteiger partial charge < -0.3 is 9.26 Å². The van der Waals surface area contributed by atoms with E-state index >= 15 is 0 Å². The summed E-state index contributed by atoms with van der Waals surface area (Å²) in [5.41, 5.74) is 0.507. The van der Waals surface area contributed by atoms with Gasteiger partial charge in [0.2, 0.25) is 0 Å². The molecule has 1 heterocycles. The van der Waals surface area contributed by atoms with E-state index in [1.807, 2.05) is 6.92 Å². The van der Waals surface area contributed by atoms with Crippen LogP contribution in [0.2, 0.25) is 0 Å². The molecule has 0 aliphatic rings. The van der Waals surface area contributed by atoms with Gasteiger partial charge in [-0.3, -0.25) is 0 Å². The number of esters is 1. The number of halogens is 3. The molecule has 0 unspecified atom stereocenters. The molecule has 2 aromatic rings. The van der Waals surface area contributed by atoms with Crippen LogP contribution in [0, 0.1) is 0 Å². The summed E-state index contributed by atoms with van der Waals surface area (Å²) in [6.07, 6.45) is -4.03. The molecule has 7 heteroatoms. The van der Waals surface area contributed by atoms with Gasteiger partial charge in [0.15, 0.2) is 0 Å². The summed E-state index contributed by atoms with van der Waals surface area (Å²) in [7, 11) is 0. The number of rotatable bonds is 4. The number of hydrogen-bond acceptors (Lipinski definition) is 4. The van der Waals surface area contributed by atoms with Crippen molar-refractivity contribution in [3.63, 3.8) is 0 Å². The van der Waals surface area contributed by atoms with Gasteiger partial charge >= 0.3 is 12.1 Å². The van der Waals surface area contributed by atoms with Crippen LogP contribution in [0.1, 0.15) is 35.5 Å². The van der Waals surface area contributed by atoms with Crippen molar-refractivity contribution in [3.8, 4) is 11.3 Å². The lowest BCUT2D eigenvalue weighted by Gasteiger charge is -2.06. The van der Waals surface area contributed by atoms with Crippen LogP contribution in [0.5, 0.6) is 0 Å². The van der Waals surface area contributed by atoms with Crippen LogP contribution < -0.4 is 0 Å². The summed E-state index contributed by atoms with van der Waals surface area (Å²) in [5.74, 6) is -2.55. The first-order chi connectivity index (χ1) is 10.4. The number of aromatic nitrogens is 1. The molecule has 0 saturated carbocycles. The molecule has 0 aliphatic heterocycles. The van der Waals surface area contributed by atoms with Crippen molar-refractivity contribution >= 4 is 5.97 Å². The fraction of sp³-hybridized carbons (Fsp3) is 0.333. The maximum Gasteiger partial charge on any atom is 0.453 e. The van der Waals surface area contributed by atoms with E-state index in [1.54, 1.807) is 24.3 Å². The summed E-state index contributed by atoms with van der Waals surface area (Å²) in [6.45, 7) is 3.42. The number of alkyl halides is 3. The van der Waals surface area contributed by atoms with E-state index in [-0.39, 0.29) is 12.3 Å². The van der Waals surface area contributed by atoms with Crippen molar-refractivity contribution < 1.29 is 27.2 Å². The minimum absolute atomic E-state index is 0.0461. The number of aryl methyl sites for hydroxylation is 1. The van der Waals surface area contributed by atoms with Crippen LogP contribution >= 0.6 is 0 Å². The highest BCUT2D eigenvalue weighted by Crippen LogP contribution is 2.37. The molecule has 118 valence electrons. The summed E-state index contributed by atoms with van der Waals surface area (Å²) in [4.78, 5) is 11.9. The Bertz CT molecular complexity index is 660. The molecule has 22 heavy (non-hydrogen) atoms. The van der Waals surface area contributed by atoms with Crippen molar-refractivity contribution in [3.05, 3.63) is 41.2 Å². The predicted molar refractivity (Wildman–Crippen MR) is 72.3 cm³/mol. The lowest BCUT2D eigenvalue weighted by molar-refractivity contribution is -0.156. The largest absolute Gasteiger partial charge is 0.462 e. The second-order valence-electron chi connectivity index (χ2n) is 4.50. The monoisotopic (exact) mass is 313 g/mol. The van der Waals surface area contributed by atoms with Gasteiger partial charge in [-0.05, 0) is 18.9 Å². The maximum atomic E-state index is 13.0. The van der Waals surface area contributed by atoms with E-state index in [2.05, 4.69) is 9.68 Å². The molecule has 0 aliphatic carbocycles. The van der Waals surface area contributed by atoms with Crippen molar-refractivity contribution in [1.29, 1.82) is 0 Å². The lowest BCUT2D eigenvalue weighted by Crippen LogP contribution is -2.13. The minimum atomic E-state index is -4.82. The zero-order valence-electron chi connectivity index (χ0n) is 12.0. The molecule has 0 saturated heterocycles. The van der Waals surface area contributed by atoms with Crippen molar-refractivity contribution in [2.75, 3.05) is 6.61 Å². The Kier molecular flexibility index (Phi) is 4.54. The van der Waals surface area contributed by atoms with Gasteiger partial charge in [-0.15, -0.1) is 0 Å². The second-order valence-corrected chi connectivity index (χ2v) is 4.50. The van der Waals surface area contributed by atoms with Crippen molar-refractivity contribution in [2.24, 2.45) is 0 Å². The first kappa shape index (κ1) is 16.1. The van der Waals surface area contributed by atoms with Gasteiger partial charge in [-0.2, -0.15) is 13.2 Å². The smallest absolute Gasteiger partial charge is 0.453 e. The summed E-state index contributed by atoms with van der Waals surface area (Å²) in [6, 6.07) is 6.71. The van der Waals surface area contributed by atoms with Gasteiger partial charge in [0.1, 0.15) is 11.3 Å². The Morgan fingerprint density at radius 1 is 1.23 bits per heavy atom. The third-order valence-corrected chi connectivity index (χ3v) is 3.06. The number of benzene rings is 1. The number of hydrogen-bond donors (Lipinski definition) is 0. The molecule has 0 amide bonds. The van der Waals surface area contributed by atoms with Crippen molar-refractivity contribution in [2.45, 2.75) is 26.4 Å². The Hall–Kier alpha value is -2.31. The van der Waals surface area contributed by atoms with Gasteiger partial charge in [0.05, 0.1) is 6.61 Å². The summed E-state index contributed by atoms with van der Waals surface area (Å²) >= 11 is 0. The average molecular weight is 313 g/mol. The van der Waals surface area contributed by atoms with Crippen LogP contribution in [-0.2, 0) is 17.3 Å². The highest BCUT2D eigenvalue weighted by atomic mass is 19.4. The molecule has 1 aromatic heterocycles. The number of carbonyl (C=O) groups excluding carboxylic acids is 1. The van der Waals surface area contributed by atoms with E-state index in [0.29, 0.717) is 5.56 Å². The van der Waals surface area contributed by atoms with E-state index in [1.165, 1.54) is 6.92 Å². The topological polar surface area (TPSA) is 52.3 Å². The first-order valence-electron chi connectivity index (χ1n) is 6.71. The van der Waals surface area contributed by atoms with Crippen LogP contribution in [0.3, 0.4) is 0 Å². The molecule has 4 nitrogen and oxygen atoms in total. The number of ether oxygens (including phenoxy) is 1. The normalized spacial score (nSPS) is 11.5. The maximum absolute atomic E-state index is 13.0. The zero-order valence-corrected chi connectivity index (χ0v) is 12.0.